The summed E-state index contributed by atoms with van der Waals surface area (Å²) in [5, 5.41) is 4.48. The Labute approximate surface area is 174 Å². The molecule has 0 saturated carbocycles. The number of rotatable bonds is 5. The van der Waals surface area contributed by atoms with Gasteiger partial charge in [0.15, 0.2) is 11.5 Å². The Balaban J connectivity index is 1.96. The lowest BCUT2D eigenvalue weighted by molar-refractivity contribution is -0.115. The van der Waals surface area contributed by atoms with Gasteiger partial charge in [-0.3, -0.25) is 4.79 Å². The molecule has 2 aliphatic rings. The minimum absolute atomic E-state index is 0.0220. The van der Waals surface area contributed by atoms with Gasteiger partial charge in [-0.1, -0.05) is 5.16 Å². The minimum atomic E-state index is -0.600. The van der Waals surface area contributed by atoms with Crippen molar-refractivity contribution in [2.75, 3.05) is 26.8 Å². The van der Waals surface area contributed by atoms with Gasteiger partial charge in [0.2, 0.25) is 12.7 Å². The molecule has 3 aromatic rings. The molecule has 0 bridgehead atoms. The van der Waals surface area contributed by atoms with E-state index in [0.717, 1.165) is 5.56 Å². The third-order valence-electron chi connectivity index (χ3n) is 5.13. The fourth-order valence-electron chi connectivity index (χ4n) is 3.98. The van der Waals surface area contributed by atoms with Crippen LogP contribution < -0.4 is 30.3 Å². The highest BCUT2D eigenvalue weighted by Gasteiger charge is 2.39. The van der Waals surface area contributed by atoms with E-state index < -0.39 is 16.8 Å². The number of amides is 1. The van der Waals surface area contributed by atoms with Gasteiger partial charge in [0.1, 0.15) is 17.2 Å². The Morgan fingerprint density at radius 2 is 2.00 bits per heavy atom. The van der Waals surface area contributed by atoms with E-state index in [0.29, 0.717) is 50.6 Å². The lowest BCUT2D eigenvalue weighted by Crippen LogP contribution is -2.18. The topological polar surface area (TPSA) is 123 Å². The third kappa shape index (κ3) is 2.53. The van der Waals surface area contributed by atoms with E-state index >= 15 is 0 Å². The largest absolute Gasteiger partial charge is 0.496 e. The molecule has 1 atom stereocenters. The summed E-state index contributed by atoms with van der Waals surface area (Å²) in [6, 6.07) is 5.14. The van der Waals surface area contributed by atoms with Gasteiger partial charge in [-0.25, -0.2) is 4.79 Å². The van der Waals surface area contributed by atoms with Crippen LogP contribution in [0.2, 0.25) is 0 Å². The molecule has 1 aromatic heterocycles. The van der Waals surface area contributed by atoms with Gasteiger partial charge in [-0.05, 0) is 18.2 Å². The molecule has 0 spiro atoms. The van der Waals surface area contributed by atoms with Crippen LogP contribution in [0.25, 0.3) is 21.9 Å². The van der Waals surface area contributed by atoms with Gasteiger partial charge < -0.3 is 29.2 Å². The number of methoxy groups -OCH3 is 2. The summed E-state index contributed by atoms with van der Waals surface area (Å²) in [4.78, 5) is 24.1. The molecule has 0 radical (unpaired) electrons. The van der Waals surface area contributed by atoms with Crippen molar-refractivity contribution in [3.05, 3.63) is 39.9 Å². The second-order valence-electron chi connectivity index (χ2n) is 6.68. The highest BCUT2D eigenvalue weighted by atomic mass is 32.2. The number of carbonyl (C=O) groups excluding carboxylic acids is 1. The molecule has 5 rings (SSSR count). The Kier molecular flexibility index (Phi) is 4.24. The molecular formula is C20H16N2O7S. The fourth-order valence-corrected chi connectivity index (χ4v) is 5.03. The van der Waals surface area contributed by atoms with E-state index in [-0.39, 0.29) is 12.5 Å². The quantitative estimate of drug-likeness (QED) is 0.651. The number of thioether (sulfide) groups is 1. The van der Waals surface area contributed by atoms with Gasteiger partial charge in [0.25, 0.3) is 0 Å². The number of benzene rings is 2. The number of fused-ring (bicyclic) bond motifs is 4. The second kappa shape index (κ2) is 6.84. The monoisotopic (exact) mass is 428 g/mol. The van der Waals surface area contributed by atoms with Crippen LogP contribution in [0.1, 0.15) is 16.5 Å². The maximum Gasteiger partial charge on any atom is 0.366 e. The first-order valence-electron chi connectivity index (χ1n) is 8.96. The summed E-state index contributed by atoms with van der Waals surface area (Å²) in [7, 11) is 3.11. The van der Waals surface area contributed by atoms with E-state index in [4.69, 9.17) is 29.2 Å². The average Bonchev–Trinajstić information content (AvgIpc) is 3.22. The van der Waals surface area contributed by atoms with Gasteiger partial charge >= 0.3 is 5.63 Å². The smallest absolute Gasteiger partial charge is 0.366 e. The molecule has 1 aliphatic heterocycles. The van der Waals surface area contributed by atoms with Crippen LogP contribution in [0.4, 0.5) is 0 Å². The van der Waals surface area contributed by atoms with Gasteiger partial charge in [0, 0.05) is 22.1 Å². The zero-order valence-electron chi connectivity index (χ0n) is 16.0. The first-order chi connectivity index (χ1) is 14.5. The molecule has 2 aromatic carbocycles. The highest BCUT2D eigenvalue weighted by Crippen LogP contribution is 2.59. The molecule has 30 heavy (non-hydrogen) atoms. The summed E-state index contributed by atoms with van der Waals surface area (Å²) in [5.74, 6) is 1.60. The predicted octanol–water partition coefficient (Wildman–Crippen LogP) is 2.22. The van der Waals surface area contributed by atoms with Crippen molar-refractivity contribution in [3.8, 4) is 34.1 Å². The second-order valence-corrected chi connectivity index (χ2v) is 7.77. The number of hydrogen-bond acceptors (Lipinski definition) is 9. The van der Waals surface area contributed by atoms with Crippen LogP contribution in [-0.4, -0.2) is 37.8 Å². The van der Waals surface area contributed by atoms with E-state index in [2.05, 4.69) is 5.16 Å². The third-order valence-corrected chi connectivity index (χ3v) is 6.37. The molecule has 1 amide bonds. The van der Waals surface area contributed by atoms with Gasteiger partial charge in [0.05, 0.1) is 30.6 Å². The van der Waals surface area contributed by atoms with Crippen molar-refractivity contribution in [1.29, 1.82) is 0 Å². The number of hydrogen-bond donors (Lipinski definition) is 1. The molecule has 0 unspecified atom stereocenters. The first kappa shape index (κ1) is 18.6. The van der Waals surface area contributed by atoms with Crippen molar-refractivity contribution in [3.63, 3.8) is 0 Å². The van der Waals surface area contributed by atoms with Crippen LogP contribution in [0.3, 0.4) is 0 Å². The summed E-state index contributed by atoms with van der Waals surface area (Å²) < 4.78 is 27.7. The van der Waals surface area contributed by atoms with Crippen molar-refractivity contribution in [1.82, 2.24) is 5.16 Å². The number of primary amides is 1. The van der Waals surface area contributed by atoms with Crippen molar-refractivity contribution < 1.29 is 28.3 Å². The Hall–Kier alpha value is -3.40. The Morgan fingerprint density at radius 1 is 1.23 bits per heavy atom. The van der Waals surface area contributed by atoms with E-state index in [1.807, 2.05) is 0 Å². The van der Waals surface area contributed by atoms with Crippen LogP contribution in [0.5, 0.6) is 23.0 Å². The zero-order chi connectivity index (χ0) is 21.0. The summed E-state index contributed by atoms with van der Waals surface area (Å²) >= 11 is 1.27. The molecule has 10 heteroatoms. The predicted molar refractivity (Wildman–Crippen MR) is 108 cm³/mol. The molecule has 9 nitrogen and oxygen atoms in total. The molecule has 1 aliphatic carbocycles. The molecular weight excluding hydrogens is 412 g/mol. The van der Waals surface area contributed by atoms with Crippen LogP contribution in [0, 0.1) is 0 Å². The normalized spacial score (nSPS) is 15.7. The van der Waals surface area contributed by atoms with Gasteiger partial charge in [-0.2, -0.15) is 0 Å². The molecule has 0 saturated heterocycles. The number of nitrogens with two attached hydrogens (primary N) is 1. The molecule has 2 N–H and O–H groups in total. The Bertz CT molecular complexity index is 1270. The first-order valence-corrected chi connectivity index (χ1v) is 10.0. The highest BCUT2D eigenvalue weighted by molar-refractivity contribution is 8.00. The van der Waals surface area contributed by atoms with Crippen molar-refractivity contribution in [2.45, 2.75) is 5.25 Å². The number of carbonyl (C=O) groups is 1. The van der Waals surface area contributed by atoms with E-state index in [9.17, 15) is 9.59 Å². The Morgan fingerprint density at radius 3 is 2.73 bits per heavy atom. The standard InChI is InChI=1S/C20H16N2O7S/c1-25-9-3-4-10(26-2)15-14(9)16-13-8(5-11-18(16)28-7-27-11)20(24)29-22-17(13)19(15)30-6-12(21)23/h3-5,19H,6-7H2,1-2H3,(H2,21,23)/t19-/m0/s1. The number of nitrogens with zero attached hydrogens (tertiary/aromatic N) is 1. The fraction of sp³-hybridized carbons (Fsp3) is 0.250. The van der Waals surface area contributed by atoms with Crippen LogP contribution in [-0.2, 0) is 4.79 Å². The van der Waals surface area contributed by atoms with E-state index in [1.54, 1.807) is 32.4 Å². The van der Waals surface area contributed by atoms with Crippen LogP contribution >= 0.6 is 11.8 Å². The molecule has 154 valence electrons. The van der Waals surface area contributed by atoms with Gasteiger partial charge in [-0.15, -0.1) is 11.8 Å². The number of ether oxygens (including phenoxy) is 4. The lowest BCUT2D eigenvalue weighted by Gasteiger charge is -2.29. The zero-order valence-corrected chi connectivity index (χ0v) is 16.8. The maximum absolute atomic E-state index is 12.5. The average molecular weight is 428 g/mol. The lowest BCUT2D eigenvalue weighted by atomic mass is 9.84. The summed E-state index contributed by atoms with van der Waals surface area (Å²) in [5.41, 5.74) is 7.31. The maximum atomic E-state index is 12.5. The minimum Gasteiger partial charge on any atom is -0.496 e. The van der Waals surface area contributed by atoms with Crippen molar-refractivity contribution in [2.24, 2.45) is 5.73 Å². The number of aromatic nitrogens is 1. The van der Waals surface area contributed by atoms with Crippen molar-refractivity contribution >= 4 is 28.4 Å². The summed E-state index contributed by atoms with van der Waals surface area (Å²) in [6.45, 7) is 0.0220. The van der Waals surface area contributed by atoms with E-state index in [1.165, 1.54) is 11.8 Å². The SMILES string of the molecule is COc1ccc(OC)c2c1-c1c3c(cc4c(=O)onc(c14)[C@H]2SCC(N)=O)OCO3. The molecule has 2 heterocycles. The summed E-state index contributed by atoms with van der Waals surface area (Å²) in [6.07, 6.45) is 0. The molecule has 0 fully saturated rings. The van der Waals surface area contributed by atoms with Crippen LogP contribution in [0.15, 0.2) is 27.5 Å².